The second kappa shape index (κ2) is 10.1. The Morgan fingerprint density at radius 3 is 2.63 bits per heavy atom. The average Bonchev–Trinajstić information content (AvgIpc) is 2.78. The summed E-state index contributed by atoms with van der Waals surface area (Å²) >= 11 is 6.02. The Bertz CT molecular complexity index is 1110. The molecule has 0 aliphatic heterocycles. The van der Waals surface area contributed by atoms with Crippen LogP contribution in [0.15, 0.2) is 71.8 Å². The van der Waals surface area contributed by atoms with Crippen molar-refractivity contribution >= 4 is 23.7 Å². The normalized spacial score (nSPS) is 10.4. The SMILES string of the molecule is COc1ccc(/C=N\NC(=O)c2ccccc2Cl)cc1COc1ccc(C#N)cc1. The number of benzene rings is 3. The summed E-state index contributed by atoms with van der Waals surface area (Å²) in [5, 5.41) is 13.2. The zero-order valence-electron chi connectivity index (χ0n) is 16.1. The number of amides is 1. The number of carbonyl (C=O) groups is 1. The number of hydrazone groups is 1. The van der Waals surface area contributed by atoms with E-state index in [1.807, 2.05) is 12.1 Å². The van der Waals surface area contributed by atoms with Crippen molar-refractivity contribution < 1.29 is 14.3 Å². The van der Waals surface area contributed by atoms with E-state index in [2.05, 4.69) is 16.6 Å². The molecule has 3 rings (SSSR count). The van der Waals surface area contributed by atoms with Gasteiger partial charge in [0.15, 0.2) is 0 Å². The van der Waals surface area contributed by atoms with Gasteiger partial charge < -0.3 is 9.47 Å². The topological polar surface area (TPSA) is 83.7 Å². The maximum atomic E-state index is 12.2. The number of hydrogen-bond donors (Lipinski definition) is 1. The maximum Gasteiger partial charge on any atom is 0.272 e. The van der Waals surface area contributed by atoms with Gasteiger partial charge in [-0.15, -0.1) is 0 Å². The third-order valence-electron chi connectivity index (χ3n) is 4.18. The summed E-state index contributed by atoms with van der Waals surface area (Å²) in [6.07, 6.45) is 1.53. The standard InChI is InChI=1S/C23H18ClN3O3/c1-29-22-11-8-17(14-26-27-23(28)20-4-2-3-5-21(20)24)12-18(22)15-30-19-9-6-16(13-25)7-10-19/h2-12,14H,15H2,1H3,(H,27,28)/b26-14-. The molecule has 0 radical (unpaired) electrons. The summed E-state index contributed by atoms with van der Waals surface area (Å²) in [7, 11) is 1.58. The highest BCUT2D eigenvalue weighted by atomic mass is 35.5. The predicted molar refractivity (Wildman–Crippen MR) is 115 cm³/mol. The van der Waals surface area contributed by atoms with E-state index < -0.39 is 5.91 Å². The lowest BCUT2D eigenvalue weighted by molar-refractivity contribution is 0.0955. The largest absolute Gasteiger partial charge is 0.496 e. The van der Waals surface area contributed by atoms with E-state index in [-0.39, 0.29) is 6.61 Å². The maximum absolute atomic E-state index is 12.2. The fourth-order valence-electron chi connectivity index (χ4n) is 2.65. The van der Waals surface area contributed by atoms with Gasteiger partial charge in [0.05, 0.1) is 35.5 Å². The van der Waals surface area contributed by atoms with Gasteiger partial charge in [0, 0.05) is 5.56 Å². The van der Waals surface area contributed by atoms with Crippen LogP contribution in [0.4, 0.5) is 0 Å². The molecule has 0 spiro atoms. The lowest BCUT2D eigenvalue weighted by Crippen LogP contribution is -2.17. The van der Waals surface area contributed by atoms with Gasteiger partial charge in [0.25, 0.3) is 5.91 Å². The molecule has 1 amide bonds. The minimum Gasteiger partial charge on any atom is -0.496 e. The molecule has 1 N–H and O–H groups in total. The molecule has 3 aromatic rings. The van der Waals surface area contributed by atoms with Crippen LogP contribution in [0.5, 0.6) is 11.5 Å². The monoisotopic (exact) mass is 419 g/mol. The van der Waals surface area contributed by atoms with E-state index in [0.717, 1.165) is 11.1 Å². The predicted octanol–water partition coefficient (Wildman–Crippen LogP) is 4.56. The first kappa shape index (κ1) is 20.9. The van der Waals surface area contributed by atoms with Gasteiger partial charge >= 0.3 is 0 Å². The number of carbonyl (C=O) groups excluding carboxylic acids is 1. The van der Waals surface area contributed by atoms with Crippen LogP contribution in [0.25, 0.3) is 0 Å². The lowest BCUT2D eigenvalue weighted by Gasteiger charge is -2.11. The number of nitriles is 1. The number of nitrogens with one attached hydrogen (secondary N) is 1. The van der Waals surface area contributed by atoms with Crippen molar-refractivity contribution in [1.82, 2.24) is 5.43 Å². The molecular weight excluding hydrogens is 402 g/mol. The zero-order chi connectivity index (χ0) is 21.3. The third-order valence-corrected chi connectivity index (χ3v) is 4.51. The number of rotatable bonds is 7. The molecular formula is C23H18ClN3O3. The van der Waals surface area contributed by atoms with Crippen molar-refractivity contribution in [2.45, 2.75) is 6.61 Å². The molecule has 0 saturated heterocycles. The van der Waals surface area contributed by atoms with Crippen LogP contribution in [-0.4, -0.2) is 19.2 Å². The molecule has 150 valence electrons. The molecule has 0 unspecified atom stereocenters. The van der Waals surface area contributed by atoms with E-state index in [4.69, 9.17) is 26.3 Å². The van der Waals surface area contributed by atoms with Crippen molar-refractivity contribution in [3.8, 4) is 17.6 Å². The van der Waals surface area contributed by atoms with E-state index in [0.29, 0.717) is 27.6 Å². The number of methoxy groups -OCH3 is 1. The molecule has 0 aromatic heterocycles. The Kier molecular flexibility index (Phi) is 7.04. The van der Waals surface area contributed by atoms with Gasteiger partial charge in [-0.3, -0.25) is 4.79 Å². The molecule has 0 heterocycles. The Morgan fingerprint density at radius 2 is 1.93 bits per heavy atom. The Hall–Kier alpha value is -3.82. The van der Waals surface area contributed by atoms with Crippen LogP contribution in [-0.2, 0) is 6.61 Å². The molecule has 0 aliphatic carbocycles. The quantitative estimate of drug-likeness (QED) is 0.449. The van der Waals surface area contributed by atoms with E-state index in [1.54, 1.807) is 61.7 Å². The molecule has 6 nitrogen and oxygen atoms in total. The molecule has 0 aliphatic rings. The average molecular weight is 420 g/mol. The van der Waals surface area contributed by atoms with Gasteiger partial charge in [-0.2, -0.15) is 10.4 Å². The number of halogens is 1. The number of nitrogens with zero attached hydrogens (tertiary/aromatic N) is 2. The minimum absolute atomic E-state index is 0.267. The van der Waals surface area contributed by atoms with Crippen molar-refractivity contribution in [2.24, 2.45) is 5.10 Å². The van der Waals surface area contributed by atoms with Crippen LogP contribution in [0.3, 0.4) is 0 Å². The van der Waals surface area contributed by atoms with Gasteiger partial charge in [-0.25, -0.2) is 5.43 Å². The Morgan fingerprint density at radius 1 is 1.17 bits per heavy atom. The first-order valence-electron chi connectivity index (χ1n) is 8.98. The highest BCUT2D eigenvalue weighted by Gasteiger charge is 2.08. The molecule has 0 fully saturated rings. The summed E-state index contributed by atoms with van der Waals surface area (Å²) in [6.45, 7) is 0.267. The Balaban J connectivity index is 1.67. The summed E-state index contributed by atoms with van der Waals surface area (Å²) in [4.78, 5) is 12.2. The highest BCUT2D eigenvalue weighted by molar-refractivity contribution is 6.33. The van der Waals surface area contributed by atoms with E-state index in [1.165, 1.54) is 6.21 Å². The molecule has 0 saturated carbocycles. The lowest BCUT2D eigenvalue weighted by atomic mass is 10.1. The molecule has 7 heteroatoms. The van der Waals surface area contributed by atoms with E-state index in [9.17, 15) is 4.79 Å². The second-order valence-electron chi connectivity index (χ2n) is 6.18. The summed E-state index contributed by atoms with van der Waals surface area (Å²) in [6, 6.07) is 21.1. The summed E-state index contributed by atoms with van der Waals surface area (Å²) in [5.74, 6) is 0.915. The third kappa shape index (κ3) is 5.37. The van der Waals surface area contributed by atoms with Crippen molar-refractivity contribution in [3.63, 3.8) is 0 Å². The van der Waals surface area contributed by atoms with Crippen LogP contribution < -0.4 is 14.9 Å². The van der Waals surface area contributed by atoms with E-state index >= 15 is 0 Å². The highest BCUT2D eigenvalue weighted by Crippen LogP contribution is 2.22. The van der Waals surface area contributed by atoms with Gasteiger partial charge in [-0.05, 0) is 60.2 Å². The second-order valence-corrected chi connectivity index (χ2v) is 6.58. The first-order valence-corrected chi connectivity index (χ1v) is 9.36. The van der Waals surface area contributed by atoms with Gasteiger partial charge in [-0.1, -0.05) is 23.7 Å². The van der Waals surface area contributed by atoms with Crippen molar-refractivity contribution in [3.05, 3.63) is 94.0 Å². The first-order chi connectivity index (χ1) is 14.6. The van der Waals surface area contributed by atoms with Crippen molar-refractivity contribution in [2.75, 3.05) is 7.11 Å². The molecule has 3 aromatic carbocycles. The number of hydrogen-bond acceptors (Lipinski definition) is 5. The smallest absolute Gasteiger partial charge is 0.272 e. The molecule has 0 bridgehead atoms. The van der Waals surface area contributed by atoms with Gasteiger partial charge in [0.2, 0.25) is 0 Å². The van der Waals surface area contributed by atoms with Crippen LogP contribution in [0.1, 0.15) is 27.0 Å². The minimum atomic E-state index is -0.394. The van der Waals surface area contributed by atoms with Crippen LogP contribution in [0, 0.1) is 11.3 Å². The summed E-state index contributed by atoms with van der Waals surface area (Å²) in [5.41, 5.74) is 4.95. The molecule has 30 heavy (non-hydrogen) atoms. The fraction of sp³-hybridized carbons (Fsp3) is 0.0870. The van der Waals surface area contributed by atoms with Crippen LogP contribution in [0.2, 0.25) is 5.02 Å². The Labute approximate surface area is 179 Å². The zero-order valence-corrected chi connectivity index (χ0v) is 16.9. The summed E-state index contributed by atoms with van der Waals surface area (Å²) < 4.78 is 11.2. The van der Waals surface area contributed by atoms with Crippen LogP contribution >= 0.6 is 11.6 Å². The number of ether oxygens (including phenoxy) is 2. The fourth-order valence-corrected chi connectivity index (χ4v) is 2.87. The van der Waals surface area contributed by atoms with Crippen molar-refractivity contribution in [1.29, 1.82) is 5.26 Å². The van der Waals surface area contributed by atoms with Gasteiger partial charge in [0.1, 0.15) is 18.1 Å². The molecule has 0 atom stereocenters.